The average Bonchev–Trinajstić information content (AvgIpc) is 3.12. The van der Waals surface area contributed by atoms with Gasteiger partial charge >= 0.3 is 5.97 Å². The van der Waals surface area contributed by atoms with Crippen molar-refractivity contribution in [2.75, 3.05) is 11.9 Å². The minimum Gasteiger partial charge on any atom is -0.481 e. The Balaban J connectivity index is 1.83. The molecule has 1 fully saturated rings. The molecule has 1 saturated carbocycles. The lowest BCUT2D eigenvalue weighted by atomic mass is 9.98. The highest BCUT2D eigenvalue weighted by atomic mass is 16.4. The number of carbonyl (C=O) groups excluding carboxylic acids is 1. The molecule has 1 aromatic rings. The molecule has 2 aliphatic rings. The number of nitrogens with two attached hydrogens (primary N) is 1. The normalized spacial score (nSPS) is 26.2. The van der Waals surface area contributed by atoms with Gasteiger partial charge in [0, 0.05) is 18.8 Å². The van der Waals surface area contributed by atoms with E-state index in [1.54, 1.807) is 11.9 Å². The topological polar surface area (TPSA) is 83.6 Å². The quantitative estimate of drug-likeness (QED) is 0.846. The number of carboxylic acid groups (broad SMARTS) is 1. The zero-order valence-electron chi connectivity index (χ0n) is 10.7. The second kappa shape index (κ2) is 4.06. The molecule has 19 heavy (non-hydrogen) atoms. The largest absolute Gasteiger partial charge is 0.481 e. The van der Waals surface area contributed by atoms with Crippen LogP contribution < -0.4 is 10.6 Å². The van der Waals surface area contributed by atoms with Gasteiger partial charge in [-0.25, -0.2) is 0 Å². The van der Waals surface area contributed by atoms with Crippen LogP contribution >= 0.6 is 0 Å². The summed E-state index contributed by atoms with van der Waals surface area (Å²) in [5, 5.41) is 8.94. The molecule has 0 bridgehead atoms. The van der Waals surface area contributed by atoms with Crippen molar-refractivity contribution in [2.24, 2.45) is 17.6 Å². The number of amides is 1. The van der Waals surface area contributed by atoms with E-state index >= 15 is 0 Å². The fourth-order valence-corrected chi connectivity index (χ4v) is 2.84. The number of carboxylic acids is 1. The van der Waals surface area contributed by atoms with Gasteiger partial charge in [-0.1, -0.05) is 12.1 Å². The van der Waals surface area contributed by atoms with Gasteiger partial charge in [0.2, 0.25) is 5.91 Å². The van der Waals surface area contributed by atoms with E-state index in [4.69, 9.17) is 10.8 Å². The molecule has 1 aliphatic heterocycles. The van der Waals surface area contributed by atoms with Crippen LogP contribution in [0.5, 0.6) is 0 Å². The molecule has 0 spiro atoms. The molecular weight excluding hydrogens is 244 g/mol. The maximum absolute atomic E-state index is 11.6. The molecule has 5 nitrogen and oxygen atoms in total. The summed E-state index contributed by atoms with van der Waals surface area (Å²) in [6, 6.07) is 5.48. The van der Waals surface area contributed by atoms with Crippen LogP contribution in [0.3, 0.4) is 0 Å². The lowest BCUT2D eigenvalue weighted by molar-refractivity contribution is -0.138. The van der Waals surface area contributed by atoms with E-state index in [1.165, 1.54) is 0 Å². The Kier molecular flexibility index (Phi) is 2.60. The van der Waals surface area contributed by atoms with E-state index in [2.05, 4.69) is 0 Å². The van der Waals surface area contributed by atoms with Crippen LogP contribution in [0.4, 0.5) is 5.69 Å². The molecule has 3 atom stereocenters. The summed E-state index contributed by atoms with van der Waals surface area (Å²) in [6.45, 7) is 0. The number of benzene rings is 1. The van der Waals surface area contributed by atoms with Gasteiger partial charge in [-0.15, -0.1) is 0 Å². The minimum absolute atomic E-state index is 0.0189. The van der Waals surface area contributed by atoms with Crippen LogP contribution in [-0.2, 0) is 16.0 Å². The zero-order chi connectivity index (χ0) is 13.7. The molecule has 100 valence electrons. The minimum atomic E-state index is -0.767. The summed E-state index contributed by atoms with van der Waals surface area (Å²) in [6.07, 6.45) is 1.05. The van der Waals surface area contributed by atoms with E-state index in [-0.39, 0.29) is 23.8 Å². The number of hydrogen-bond acceptors (Lipinski definition) is 3. The summed E-state index contributed by atoms with van der Waals surface area (Å²) in [5.41, 5.74) is 8.96. The first-order chi connectivity index (χ1) is 8.99. The van der Waals surface area contributed by atoms with Crippen molar-refractivity contribution in [1.82, 2.24) is 0 Å². The third-order valence-electron chi connectivity index (χ3n) is 4.18. The summed E-state index contributed by atoms with van der Waals surface area (Å²) < 4.78 is 0. The maximum atomic E-state index is 11.6. The van der Waals surface area contributed by atoms with Crippen molar-refractivity contribution in [1.29, 1.82) is 0 Å². The Hall–Kier alpha value is -1.88. The summed E-state index contributed by atoms with van der Waals surface area (Å²) in [5.74, 6) is -0.981. The van der Waals surface area contributed by atoms with Crippen LogP contribution in [0.1, 0.15) is 23.6 Å². The van der Waals surface area contributed by atoms with Gasteiger partial charge < -0.3 is 15.7 Å². The standard InChI is InChI=1S/C14H16N2O3/c1-16-11-3-2-7(4-8(11)5-12(16)17)13(15)9-6-10(9)14(18)19/h2-4,9-10,13H,5-6,15H2,1H3,(H,18,19). The number of likely N-dealkylation sites (N-methyl/N-ethyl adjacent to an activating group) is 1. The number of anilines is 1. The first-order valence-corrected chi connectivity index (χ1v) is 6.37. The van der Waals surface area contributed by atoms with Gasteiger partial charge in [-0.05, 0) is 29.5 Å². The zero-order valence-corrected chi connectivity index (χ0v) is 10.7. The number of rotatable bonds is 3. The van der Waals surface area contributed by atoms with Gasteiger partial charge in [-0.3, -0.25) is 9.59 Å². The number of hydrogen-bond donors (Lipinski definition) is 2. The number of carbonyl (C=O) groups is 2. The van der Waals surface area contributed by atoms with Gasteiger partial charge in [0.1, 0.15) is 0 Å². The lowest BCUT2D eigenvalue weighted by Gasteiger charge is -2.14. The first kappa shape index (κ1) is 12.2. The van der Waals surface area contributed by atoms with Crippen LogP contribution in [0.15, 0.2) is 18.2 Å². The van der Waals surface area contributed by atoms with E-state index in [0.29, 0.717) is 12.8 Å². The highest BCUT2D eigenvalue weighted by Crippen LogP contribution is 2.47. The third-order valence-corrected chi connectivity index (χ3v) is 4.18. The smallest absolute Gasteiger partial charge is 0.306 e. The summed E-state index contributed by atoms with van der Waals surface area (Å²) >= 11 is 0. The Morgan fingerprint density at radius 3 is 2.89 bits per heavy atom. The number of aliphatic carboxylic acids is 1. The van der Waals surface area contributed by atoms with Gasteiger partial charge in [0.05, 0.1) is 12.3 Å². The predicted molar refractivity (Wildman–Crippen MR) is 69.7 cm³/mol. The summed E-state index contributed by atoms with van der Waals surface area (Å²) in [7, 11) is 1.76. The van der Waals surface area contributed by atoms with Crippen molar-refractivity contribution in [3.63, 3.8) is 0 Å². The van der Waals surface area contributed by atoms with E-state index < -0.39 is 5.97 Å². The van der Waals surface area contributed by atoms with Crippen molar-refractivity contribution < 1.29 is 14.7 Å². The van der Waals surface area contributed by atoms with Crippen LogP contribution in [-0.4, -0.2) is 24.0 Å². The van der Waals surface area contributed by atoms with E-state index in [9.17, 15) is 9.59 Å². The molecule has 5 heteroatoms. The van der Waals surface area contributed by atoms with Crippen molar-refractivity contribution in [3.8, 4) is 0 Å². The molecule has 3 rings (SSSR count). The molecule has 1 heterocycles. The highest BCUT2D eigenvalue weighted by molar-refractivity contribution is 6.00. The molecule has 0 aromatic heterocycles. The maximum Gasteiger partial charge on any atom is 0.306 e. The summed E-state index contributed by atoms with van der Waals surface area (Å²) in [4.78, 5) is 24.1. The van der Waals surface area contributed by atoms with Crippen LogP contribution in [0, 0.1) is 11.8 Å². The Morgan fingerprint density at radius 1 is 1.53 bits per heavy atom. The molecule has 1 amide bonds. The first-order valence-electron chi connectivity index (χ1n) is 6.37. The van der Waals surface area contributed by atoms with Crippen molar-refractivity contribution >= 4 is 17.6 Å². The fourth-order valence-electron chi connectivity index (χ4n) is 2.84. The Morgan fingerprint density at radius 2 is 2.26 bits per heavy atom. The fraction of sp³-hybridized carbons (Fsp3) is 0.429. The Bertz CT molecular complexity index is 570. The van der Waals surface area contributed by atoms with Gasteiger partial charge in [0.15, 0.2) is 0 Å². The second-order valence-corrected chi connectivity index (χ2v) is 5.39. The SMILES string of the molecule is CN1C(=O)Cc2cc(C(N)C3CC3C(=O)O)ccc21. The van der Waals surface area contributed by atoms with Crippen LogP contribution in [0.25, 0.3) is 0 Å². The third kappa shape index (κ3) is 1.90. The van der Waals surface area contributed by atoms with Crippen molar-refractivity contribution in [3.05, 3.63) is 29.3 Å². The predicted octanol–water partition coefficient (Wildman–Crippen LogP) is 0.926. The molecule has 0 saturated heterocycles. The molecule has 3 N–H and O–H groups in total. The molecule has 1 aliphatic carbocycles. The number of fused-ring (bicyclic) bond motifs is 1. The molecular formula is C14H16N2O3. The van der Waals surface area contributed by atoms with Crippen LogP contribution in [0.2, 0.25) is 0 Å². The van der Waals surface area contributed by atoms with Gasteiger partial charge in [-0.2, -0.15) is 0 Å². The second-order valence-electron chi connectivity index (χ2n) is 5.39. The molecule has 1 aromatic carbocycles. The van der Waals surface area contributed by atoms with Crippen molar-refractivity contribution in [2.45, 2.75) is 18.9 Å². The average molecular weight is 260 g/mol. The monoisotopic (exact) mass is 260 g/mol. The van der Waals surface area contributed by atoms with Gasteiger partial charge in [0.25, 0.3) is 0 Å². The van der Waals surface area contributed by atoms with E-state index in [1.807, 2.05) is 18.2 Å². The molecule has 0 radical (unpaired) electrons. The number of nitrogens with zero attached hydrogens (tertiary/aromatic N) is 1. The Labute approximate surface area is 111 Å². The van der Waals surface area contributed by atoms with E-state index in [0.717, 1.165) is 16.8 Å². The lowest BCUT2D eigenvalue weighted by Crippen LogP contribution is -2.20. The molecule has 3 unspecified atom stereocenters. The highest BCUT2D eigenvalue weighted by Gasteiger charge is 2.47.